The van der Waals surface area contributed by atoms with E-state index in [1.165, 1.54) is 0 Å². The molecule has 2 amide bonds. The maximum atomic E-state index is 12.4. The Hall–Kier alpha value is -2.66. The summed E-state index contributed by atoms with van der Waals surface area (Å²) in [7, 11) is 0. The van der Waals surface area contributed by atoms with Crippen LogP contribution in [0, 0.1) is 5.92 Å². The first-order valence-corrected chi connectivity index (χ1v) is 8.94. The minimum Gasteiger partial charge on any atom is -0.339 e. The number of nitrogens with zero attached hydrogens (tertiary/aromatic N) is 2. The zero-order valence-corrected chi connectivity index (χ0v) is 15.0. The molecule has 0 bridgehead atoms. The second-order valence-electron chi connectivity index (χ2n) is 6.22. The average molecular weight is 370 g/mol. The highest BCUT2D eigenvalue weighted by atomic mass is 35.5. The Morgan fingerprint density at radius 1 is 1.04 bits per heavy atom. The van der Waals surface area contributed by atoms with E-state index in [0.29, 0.717) is 36.5 Å². The van der Waals surface area contributed by atoms with E-state index in [9.17, 15) is 9.59 Å². The maximum Gasteiger partial charge on any atom is 0.253 e. The third-order valence-corrected chi connectivity index (χ3v) is 4.68. The standard InChI is InChI=1S/C20H20ClN3O2/c21-18-8-6-15(7-9-18)14-22-23-19(25)16-10-12-24(13-11-16)20(26)17-4-2-1-3-5-17/h1-9,14,16H,10-13H2,(H,23,25)/b22-14-. The van der Waals surface area contributed by atoms with Crippen LogP contribution in [0.25, 0.3) is 0 Å². The topological polar surface area (TPSA) is 61.8 Å². The minimum absolute atomic E-state index is 0.0187. The van der Waals surface area contributed by atoms with E-state index in [1.807, 2.05) is 42.5 Å². The molecule has 1 aliphatic heterocycles. The quantitative estimate of drug-likeness (QED) is 0.663. The van der Waals surface area contributed by atoms with E-state index in [-0.39, 0.29) is 17.7 Å². The van der Waals surface area contributed by atoms with Crippen LogP contribution >= 0.6 is 11.6 Å². The predicted octanol–water partition coefficient (Wildman–Crippen LogP) is 3.34. The summed E-state index contributed by atoms with van der Waals surface area (Å²) in [5.74, 6) is -0.218. The zero-order valence-electron chi connectivity index (χ0n) is 14.3. The maximum absolute atomic E-state index is 12.4. The van der Waals surface area contributed by atoms with Crippen molar-refractivity contribution in [2.45, 2.75) is 12.8 Å². The molecule has 1 heterocycles. The van der Waals surface area contributed by atoms with Crippen LogP contribution in [0.15, 0.2) is 59.7 Å². The van der Waals surface area contributed by atoms with Crippen LogP contribution < -0.4 is 5.43 Å². The van der Waals surface area contributed by atoms with Crippen LogP contribution in [0.3, 0.4) is 0 Å². The van der Waals surface area contributed by atoms with Crippen molar-refractivity contribution in [3.05, 3.63) is 70.7 Å². The summed E-state index contributed by atoms with van der Waals surface area (Å²) >= 11 is 5.83. The first-order chi connectivity index (χ1) is 12.6. The van der Waals surface area contributed by atoms with Gasteiger partial charge < -0.3 is 4.90 Å². The second-order valence-corrected chi connectivity index (χ2v) is 6.65. The van der Waals surface area contributed by atoms with Gasteiger partial charge in [0.1, 0.15) is 0 Å². The van der Waals surface area contributed by atoms with Gasteiger partial charge in [0.25, 0.3) is 5.91 Å². The van der Waals surface area contributed by atoms with Crippen molar-refractivity contribution in [1.82, 2.24) is 10.3 Å². The lowest BCUT2D eigenvalue weighted by atomic mass is 9.95. The molecule has 134 valence electrons. The predicted molar refractivity (Wildman–Crippen MR) is 102 cm³/mol. The van der Waals surface area contributed by atoms with E-state index >= 15 is 0 Å². The summed E-state index contributed by atoms with van der Waals surface area (Å²) in [5, 5.41) is 4.66. The van der Waals surface area contributed by atoms with Crippen LogP contribution in [-0.4, -0.2) is 36.0 Å². The summed E-state index contributed by atoms with van der Waals surface area (Å²) in [6.07, 6.45) is 2.87. The van der Waals surface area contributed by atoms with Gasteiger partial charge in [-0.3, -0.25) is 9.59 Å². The molecule has 5 nitrogen and oxygen atoms in total. The number of likely N-dealkylation sites (tertiary alicyclic amines) is 1. The third kappa shape index (κ3) is 4.70. The molecular weight excluding hydrogens is 350 g/mol. The van der Waals surface area contributed by atoms with Crippen molar-refractivity contribution >= 4 is 29.6 Å². The van der Waals surface area contributed by atoms with E-state index < -0.39 is 0 Å². The molecule has 0 saturated carbocycles. The lowest BCUT2D eigenvalue weighted by Crippen LogP contribution is -2.42. The van der Waals surface area contributed by atoms with E-state index in [0.717, 1.165) is 5.56 Å². The molecular formula is C20H20ClN3O2. The van der Waals surface area contributed by atoms with Crippen molar-refractivity contribution in [2.24, 2.45) is 11.0 Å². The molecule has 1 N–H and O–H groups in total. The molecule has 2 aromatic carbocycles. The third-order valence-electron chi connectivity index (χ3n) is 4.43. The second kappa shape index (κ2) is 8.63. The Kier molecular flexibility index (Phi) is 6.02. The molecule has 0 atom stereocenters. The fourth-order valence-electron chi connectivity index (χ4n) is 2.92. The number of hydrazone groups is 1. The van der Waals surface area contributed by atoms with Gasteiger partial charge in [-0.25, -0.2) is 5.43 Å². The van der Waals surface area contributed by atoms with E-state index in [4.69, 9.17) is 11.6 Å². The van der Waals surface area contributed by atoms with Crippen molar-refractivity contribution < 1.29 is 9.59 Å². The van der Waals surface area contributed by atoms with Crippen molar-refractivity contribution in [3.8, 4) is 0 Å². The molecule has 1 saturated heterocycles. The normalized spacial score (nSPS) is 15.2. The Bertz CT molecular complexity index is 782. The summed E-state index contributed by atoms with van der Waals surface area (Å²) in [4.78, 5) is 26.5. The number of carbonyl (C=O) groups excluding carboxylic acids is 2. The van der Waals surface area contributed by atoms with Gasteiger partial charge in [0.15, 0.2) is 0 Å². The van der Waals surface area contributed by atoms with E-state index in [1.54, 1.807) is 23.2 Å². The van der Waals surface area contributed by atoms with Crippen molar-refractivity contribution in [1.29, 1.82) is 0 Å². The smallest absolute Gasteiger partial charge is 0.253 e. The van der Waals surface area contributed by atoms with Crippen LogP contribution in [0.1, 0.15) is 28.8 Å². The average Bonchev–Trinajstić information content (AvgIpc) is 2.69. The Morgan fingerprint density at radius 3 is 2.35 bits per heavy atom. The summed E-state index contributed by atoms with van der Waals surface area (Å²) in [6, 6.07) is 16.4. The number of halogens is 1. The van der Waals surface area contributed by atoms with Gasteiger partial charge in [-0.15, -0.1) is 0 Å². The first kappa shape index (κ1) is 18.1. The lowest BCUT2D eigenvalue weighted by Gasteiger charge is -2.31. The number of piperidine rings is 1. The number of hydrogen-bond donors (Lipinski definition) is 1. The van der Waals surface area contributed by atoms with Gasteiger partial charge in [0, 0.05) is 29.6 Å². The Balaban J connectivity index is 1.47. The fraction of sp³-hybridized carbons (Fsp3) is 0.250. The fourth-order valence-corrected chi connectivity index (χ4v) is 3.04. The minimum atomic E-state index is -0.128. The molecule has 6 heteroatoms. The van der Waals surface area contributed by atoms with E-state index in [2.05, 4.69) is 10.5 Å². The van der Waals surface area contributed by atoms with Crippen LogP contribution in [0.5, 0.6) is 0 Å². The van der Waals surface area contributed by atoms with Gasteiger partial charge in [-0.1, -0.05) is 41.9 Å². The molecule has 1 fully saturated rings. The monoisotopic (exact) mass is 369 g/mol. The largest absolute Gasteiger partial charge is 0.339 e. The highest BCUT2D eigenvalue weighted by Crippen LogP contribution is 2.19. The van der Waals surface area contributed by atoms with Gasteiger partial charge in [-0.05, 0) is 42.7 Å². The van der Waals surface area contributed by atoms with Gasteiger partial charge in [-0.2, -0.15) is 5.10 Å². The van der Waals surface area contributed by atoms with Gasteiger partial charge >= 0.3 is 0 Å². The van der Waals surface area contributed by atoms with Gasteiger partial charge in [0.2, 0.25) is 5.91 Å². The summed E-state index contributed by atoms with van der Waals surface area (Å²) < 4.78 is 0. The number of rotatable bonds is 4. The molecule has 0 aromatic heterocycles. The molecule has 1 aliphatic rings. The highest BCUT2D eigenvalue weighted by molar-refractivity contribution is 6.30. The number of benzene rings is 2. The van der Waals surface area contributed by atoms with Crippen LogP contribution in [0.2, 0.25) is 5.02 Å². The lowest BCUT2D eigenvalue weighted by molar-refractivity contribution is -0.126. The SMILES string of the molecule is O=C(N/N=C\c1ccc(Cl)cc1)C1CCN(C(=O)c2ccccc2)CC1. The molecule has 0 aliphatic carbocycles. The van der Waals surface area contributed by atoms with Crippen molar-refractivity contribution in [3.63, 3.8) is 0 Å². The Labute approximate surface area is 157 Å². The first-order valence-electron chi connectivity index (χ1n) is 8.56. The number of amides is 2. The van der Waals surface area contributed by atoms with Crippen LogP contribution in [-0.2, 0) is 4.79 Å². The zero-order chi connectivity index (χ0) is 18.4. The summed E-state index contributed by atoms with van der Waals surface area (Å²) in [5.41, 5.74) is 4.13. The van der Waals surface area contributed by atoms with Crippen molar-refractivity contribution in [2.75, 3.05) is 13.1 Å². The van der Waals surface area contributed by atoms with Crippen LogP contribution in [0.4, 0.5) is 0 Å². The molecule has 26 heavy (non-hydrogen) atoms. The molecule has 0 unspecified atom stereocenters. The molecule has 0 spiro atoms. The van der Waals surface area contributed by atoms with Gasteiger partial charge in [0.05, 0.1) is 6.21 Å². The summed E-state index contributed by atoms with van der Waals surface area (Å²) in [6.45, 7) is 1.15. The highest BCUT2D eigenvalue weighted by Gasteiger charge is 2.27. The molecule has 0 radical (unpaired) electrons. The number of nitrogens with one attached hydrogen (secondary N) is 1. The Morgan fingerprint density at radius 2 is 1.69 bits per heavy atom. The molecule has 2 aromatic rings. The number of hydrogen-bond acceptors (Lipinski definition) is 3. The number of carbonyl (C=O) groups is 2. The molecule has 3 rings (SSSR count).